The van der Waals surface area contributed by atoms with Gasteiger partial charge in [-0.25, -0.2) is 8.42 Å². The van der Waals surface area contributed by atoms with E-state index in [1.807, 2.05) is 13.8 Å². The van der Waals surface area contributed by atoms with Gasteiger partial charge in [0.1, 0.15) is 0 Å². The number of nitrogens with two attached hydrogens (primary N) is 1. The van der Waals surface area contributed by atoms with Crippen molar-refractivity contribution in [1.29, 1.82) is 0 Å². The highest BCUT2D eigenvalue weighted by Crippen LogP contribution is 2.19. The van der Waals surface area contributed by atoms with Gasteiger partial charge in [-0.3, -0.25) is 0 Å². The summed E-state index contributed by atoms with van der Waals surface area (Å²) >= 11 is 0. The second-order valence-corrected chi connectivity index (χ2v) is 7.35. The zero-order valence-electron chi connectivity index (χ0n) is 11.5. The maximum Gasteiger partial charge on any atom is 0.323 e. The Morgan fingerprint density at radius 3 is 2.75 bits per heavy atom. The van der Waals surface area contributed by atoms with Crippen LogP contribution in [0.4, 0.5) is 11.9 Å². The number of ether oxygens (including phenoxy) is 1. The first-order valence-electron chi connectivity index (χ1n) is 6.46. The summed E-state index contributed by atoms with van der Waals surface area (Å²) in [4.78, 5) is 11.9. The molecule has 1 saturated heterocycles. The van der Waals surface area contributed by atoms with E-state index in [0.29, 0.717) is 18.9 Å². The van der Waals surface area contributed by atoms with E-state index in [0.717, 1.165) is 0 Å². The molecule has 0 bridgehead atoms. The molecule has 0 radical (unpaired) electrons. The van der Waals surface area contributed by atoms with E-state index < -0.39 is 9.84 Å². The van der Waals surface area contributed by atoms with Gasteiger partial charge in [0.05, 0.1) is 17.6 Å². The Morgan fingerprint density at radius 2 is 2.15 bits per heavy atom. The van der Waals surface area contributed by atoms with Crippen molar-refractivity contribution in [1.82, 2.24) is 15.0 Å². The van der Waals surface area contributed by atoms with Crippen molar-refractivity contribution >= 4 is 21.7 Å². The molecule has 20 heavy (non-hydrogen) atoms. The van der Waals surface area contributed by atoms with Gasteiger partial charge in [0.25, 0.3) is 0 Å². The Hall–Kier alpha value is -1.64. The number of nitrogen functional groups attached to an aromatic ring is 1. The van der Waals surface area contributed by atoms with E-state index in [1.54, 1.807) is 0 Å². The van der Waals surface area contributed by atoms with Crippen LogP contribution in [-0.2, 0) is 9.84 Å². The molecule has 2 heterocycles. The summed E-state index contributed by atoms with van der Waals surface area (Å²) in [6.07, 6.45) is 0.593. The van der Waals surface area contributed by atoms with Crippen LogP contribution < -0.4 is 15.8 Å². The molecule has 1 fully saturated rings. The minimum atomic E-state index is -2.87. The number of aromatic nitrogens is 3. The molecule has 1 unspecified atom stereocenters. The molecule has 1 aliphatic heterocycles. The van der Waals surface area contributed by atoms with Gasteiger partial charge in [0.15, 0.2) is 9.84 Å². The third-order valence-corrected chi connectivity index (χ3v) is 4.69. The van der Waals surface area contributed by atoms with E-state index >= 15 is 0 Å². The van der Waals surface area contributed by atoms with Gasteiger partial charge >= 0.3 is 6.01 Å². The van der Waals surface area contributed by atoms with E-state index in [9.17, 15) is 8.42 Å². The van der Waals surface area contributed by atoms with E-state index in [-0.39, 0.29) is 35.5 Å². The van der Waals surface area contributed by atoms with Crippen LogP contribution in [0.15, 0.2) is 0 Å². The molecule has 0 saturated carbocycles. The first-order chi connectivity index (χ1) is 9.34. The Kier molecular flexibility index (Phi) is 4.26. The van der Waals surface area contributed by atoms with Gasteiger partial charge in [-0.1, -0.05) is 0 Å². The molecule has 1 aromatic heterocycles. The van der Waals surface area contributed by atoms with Crippen molar-refractivity contribution in [3.8, 4) is 6.01 Å². The second-order valence-electron chi connectivity index (χ2n) is 5.12. The fourth-order valence-corrected chi connectivity index (χ4v) is 3.85. The zero-order valence-corrected chi connectivity index (χ0v) is 12.4. The molecule has 0 aromatic carbocycles. The van der Waals surface area contributed by atoms with Crippen molar-refractivity contribution in [2.45, 2.75) is 26.4 Å². The van der Waals surface area contributed by atoms with Gasteiger partial charge in [0.2, 0.25) is 11.9 Å². The normalized spacial score (nSPS) is 21.1. The third-order valence-electron chi connectivity index (χ3n) is 2.85. The average molecular weight is 301 g/mol. The molecule has 2 rings (SSSR count). The molecule has 1 atom stereocenters. The third kappa shape index (κ3) is 4.19. The number of nitrogens with one attached hydrogen (secondary N) is 1. The fraction of sp³-hybridized carbons (Fsp3) is 0.727. The van der Waals surface area contributed by atoms with Crippen LogP contribution in [0.25, 0.3) is 0 Å². The number of hydrogen-bond donors (Lipinski definition) is 2. The lowest BCUT2D eigenvalue weighted by Crippen LogP contribution is -2.18. The molecule has 0 spiro atoms. The molecule has 9 heteroatoms. The van der Waals surface area contributed by atoms with E-state index in [2.05, 4.69) is 20.3 Å². The Balaban J connectivity index is 1.97. The summed E-state index contributed by atoms with van der Waals surface area (Å²) in [5.41, 5.74) is 5.58. The largest absolute Gasteiger partial charge is 0.461 e. The minimum Gasteiger partial charge on any atom is -0.461 e. The number of rotatable bonds is 5. The summed E-state index contributed by atoms with van der Waals surface area (Å²) in [6, 6.07) is 0.161. The highest BCUT2D eigenvalue weighted by atomic mass is 32.2. The van der Waals surface area contributed by atoms with Crippen molar-refractivity contribution < 1.29 is 13.2 Å². The van der Waals surface area contributed by atoms with Gasteiger partial charge < -0.3 is 15.8 Å². The van der Waals surface area contributed by atoms with Crippen LogP contribution in [-0.4, -0.2) is 47.5 Å². The summed E-state index contributed by atoms with van der Waals surface area (Å²) < 4.78 is 28.1. The molecule has 1 aromatic rings. The predicted molar refractivity (Wildman–Crippen MR) is 75.3 cm³/mol. The predicted octanol–water partition coefficient (Wildman–Crippen LogP) is 0.0876. The molecular formula is C11H19N5O3S. The smallest absolute Gasteiger partial charge is 0.323 e. The Labute approximate surface area is 118 Å². The molecular weight excluding hydrogens is 282 g/mol. The number of sulfone groups is 1. The monoisotopic (exact) mass is 301 g/mol. The lowest BCUT2D eigenvalue weighted by atomic mass is 10.1. The fourth-order valence-electron chi connectivity index (χ4n) is 1.98. The molecule has 0 amide bonds. The number of anilines is 2. The van der Waals surface area contributed by atoms with Crippen LogP contribution >= 0.6 is 0 Å². The van der Waals surface area contributed by atoms with Crippen molar-refractivity contribution in [2.24, 2.45) is 5.92 Å². The van der Waals surface area contributed by atoms with Crippen LogP contribution in [0.1, 0.15) is 20.3 Å². The van der Waals surface area contributed by atoms with Crippen molar-refractivity contribution in [2.75, 3.05) is 29.1 Å². The van der Waals surface area contributed by atoms with Crippen molar-refractivity contribution in [3.05, 3.63) is 0 Å². The summed E-state index contributed by atoms with van der Waals surface area (Å²) in [7, 11) is -2.87. The highest BCUT2D eigenvalue weighted by molar-refractivity contribution is 7.91. The van der Waals surface area contributed by atoms with Gasteiger partial charge in [0, 0.05) is 6.54 Å². The number of nitrogens with zero attached hydrogens (tertiary/aromatic N) is 3. The van der Waals surface area contributed by atoms with Crippen LogP contribution in [0, 0.1) is 5.92 Å². The maximum atomic E-state index is 11.4. The van der Waals surface area contributed by atoms with E-state index in [4.69, 9.17) is 10.5 Å². The van der Waals surface area contributed by atoms with Crippen LogP contribution in [0.2, 0.25) is 0 Å². The number of hydrogen-bond acceptors (Lipinski definition) is 8. The molecule has 3 N–H and O–H groups in total. The summed E-state index contributed by atoms with van der Waals surface area (Å²) in [5.74, 6) is 0.901. The first-order valence-corrected chi connectivity index (χ1v) is 8.29. The first kappa shape index (κ1) is 14.8. The summed E-state index contributed by atoms with van der Waals surface area (Å²) in [5, 5.41) is 2.99. The Bertz CT molecular complexity index is 575. The molecule has 1 aliphatic rings. The summed E-state index contributed by atoms with van der Waals surface area (Å²) in [6.45, 7) is 4.21. The van der Waals surface area contributed by atoms with Gasteiger partial charge in [-0.15, -0.1) is 0 Å². The van der Waals surface area contributed by atoms with Crippen LogP contribution in [0.5, 0.6) is 6.01 Å². The van der Waals surface area contributed by atoms with Gasteiger partial charge in [-0.05, 0) is 26.2 Å². The van der Waals surface area contributed by atoms with Crippen LogP contribution in [0.3, 0.4) is 0 Å². The average Bonchev–Trinajstić information content (AvgIpc) is 2.65. The topological polar surface area (TPSA) is 120 Å². The lowest BCUT2D eigenvalue weighted by Gasteiger charge is -2.12. The Morgan fingerprint density at radius 1 is 1.40 bits per heavy atom. The standard InChI is InChI=1S/C11H19N5O3S/c1-7(2)19-11-15-9(12)14-10(16-11)13-5-8-3-4-20(17,18)6-8/h7-8H,3-6H2,1-2H3,(H3,12,13,14,15,16). The maximum absolute atomic E-state index is 11.4. The van der Waals surface area contributed by atoms with E-state index in [1.165, 1.54) is 0 Å². The lowest BCUT2D eigenvalue weighted by molar-refractivity contribution is 0.222. The second kappa shape index (κ2) is 5.78. The SMILES string of the molecule is CC(C)Oc1nc(N)nc(NCC2CCS(=O)(=O)C2)n1. The van der Waals surface area contributed by atoms with Gasteiger partial charge in [-0.2, -0.15) is 15.0 Å². The quantitative estimate of drug-likeness (QED) is 0.785. The molecule has 8 nitrogen and oxygen atoms in total. The molecule has 0 aliphatic carbocycles. The highest BCUT2D eigenvalue weighted by Gasteiger charge is 2.27. The van der Waals surface area contributed by atoms with Crippen molar-refractivity contribution in [3.63, 3.8) is 0 Å². The molecule has 112 valence electrons. The minimum absolute atomic E-state index is 0.0652. The zero-order chi connectivity index (χ0) is 14.8.